The summed E-state index contributed by atoms with van der Waals surface area (Å²) in [6.07, 6.45) is 8.01. The zero-order valence-corrected chi connectivity index (χ0v) is 14.2. The lowest BCUT2D eigenvalue weighted by Crippen LogP contribution is -2.51. The minimum atomic E-state index is 0.0739. The molecule has 1 aromatic heterocycles. The number of morpholine rings is 1. The number of hydrogen-bond donors (Lipinski definition) is 0. The predicted octanol–water partition coefficient (Wildman–Crippen LogP) is 3.49. The Hall–Kier alpha value is -1.00. The largest absolute Gasteiger partial charge is 0.371 e. The number of aromatic nitrogens is 1. The summed E-state index contributed by atoms with van der Waals surface area (Å²) in [5.74, 6) is 0.724. The summed E-state index contributed by atoms with van der Waals surface area (Å²) in [7, 11) is 1.87. The van der Waals surface area contributed by atoms with Crippen LogP contribution in [0.3, 0.4) is 0 Å². The first-order valence-corrected chi connectivity index (χ1v) is 8.73. The molecule has 1 aromatic rings. The van der Waals surface area contributed by atoms with Crippen LogP contribution in [0.25, 0.3) is 0 Å². The van der Waals surface area contributed by atoms with E-state index in [4.69, 9.17) is 16.3 Å². The fraction of sp³-hybridized carbons (Fsp3) is 0.706. The van der Waals surface area contributed by atoms with Crippen molar-refractivity contribution in [1.82, 2.24) is 9.47 Å². The summed E-state index contributed by atoms with van der Waals surface area (Å²) in [6.45, 7) is 3.61. The second kappa shape index (κ2) is 6.63. The van der Waals surface area contributed by atoms with E-state index in [1.54, 1.807) is 12.3 Å². The van der Waals surface area contributed by atoms with Crippen molar-refractivity contribution in [3.8, 4) is 0 Å². The van der Waals surface area contributed by atoms with Crippen molar-refractivity contribution in [1.29, 1.82) is 0 Å². The Balaban J connectivity index is 1.72. The smallest absolute Gasteiger partial charge is 0.270 e. The van der Waals surface area contributed by atoms with E-state index in [2.05, 4.69) is 6.92 Å². The van der Waals surface area contributed by atoms with Crippen molar-refractivity contribution in [3.63, 3.8) is 0 Å². The van der Waals surface area contributed by atoms with Gasteiger partial charge in [-0.1, -0.05) is 31.4 Å². The normalized spacial score (nSPS) is 25.5. The van der Waals surface area contributed by atoms with Gasteiger partial charge in [0, 0.05) is 26.3 Å². The van der Waals surface area contributed by atoms with Crippen LogP contribution in [-0.2, 0) is 11.8 Å². The highest BCUT2D eigenvalue weighted by Gasteiger charge is 2.39. The van der Waals surface area contributed by atoms with E-state index < -0.39 is 0 Å². The Morgan fingerprint density at radius 1 is 1.41 bits per heavy atom. The third-order valence-corrected chi connectivity index (χ3v) is 4.90. The highest BCUT2D eigenvalue weighted by molar-refractivity contribution is 6.31. The molecule has 0 spiro atoms. The molecule has 122 valence electrons. The molecule has 1 saturated carbocycles. The molecule has 1 aliphatic carbocycles. The average molecular weight is 325 g/mol. The lowest BCUT2D eigenvalue weighted by atomic mass is 10.1. The van der Waals surface area contributed by atoms with Crippen molar-refractivity contribution in [3.05, 3.63) is 23.0 Å². The lowest BCUT2D eigenvalue weighted by molar-refractivity contribution is -0.0875. The molecule has 0 aromatic carbocycles. The summed E-state index contributed by atoms with van der Waals surface area (Å²) in [4.78, 5) is 14.8. The van der Waals surface area contributed by atoms with Gasteiger partial charge < -0.3 is 14.2 Å². The molecule has 0 bridgehead atoms. The molecule has 2 atom stereocenters. The van der Waals surface area contributed by atoms with Crippen molar-refractivity contribution in [2.45, 2.75) is 51.2 Å². The quantitative estimate of drug-likeness (QED) is 0.831. The first-order chi connectivity index (χ1) is 10.6. The number of halogens is 1. The third kappa shape index (κ3) is 3.49. The van der Waals surface area contributed by atoms with Gasteiger partial charge in [-0.3, -0.25) is 4.79 Å². The van der Waals surface area contributed by atoms with Crippen LogP contribution in [0.15, 0.2) is 12.3 Å². The molecular weight excluding hydrogens is 300 g/mol. The Kier molecular flexibility index (Phi) is 4.79. The molecule has 1 amide bonds. The summed E-state index contributed by atoms with van der Waals surface area (Å²) in [5, 5.41) is 0.611. The van der Waals surface area contributed by atoms with Crippen molar-refractivity contribution in [2.24, 2.45) is 13.0 Å². The van der Waals surface area contributed by atoms with Gasteiger partial charge in [0.2, 0.25) is 0 Å². The Morgan fingerprint density at radius 3 is 2.77 bits per heavy atom. The molecule has 3 rings (SSSR count). The zero-order valence-electron chi connectivity index (χ0n) is 13.4. The van der Waals surface area contributed by atoms with Gasteiger partial charge in [-0.2, -0.15) is 0 Å². The van der Waals surface area contributed by atoms with Crippen LogP contribution >= 0.6 is 11.6 Å². The number of nitrogens with zero attached hydrogens (tertiary/aromatic N) is 2. The molecule has 5 heteroatoms. The summed E-state index contributed by atoms with van der Waals surface area (Å²) >= 11 is 6.02. The van der Waals surface area contributed by atoms with Crippen LogP contribution in [0.2, 0.25) is 5.02 Å². The molecule has 2 fully saturated rings. The van der Waals surface area contributed by atoms with Crippen molar-refractivity contribution in [2.75, 3.05) is 13.1 Å². The number of amides is 1. The highest BCUT2D eigenvalue weighted by atomic mass is 35.5. The molecule has 1 aliphatic heterocycles. The fourth-order valence-electron chi connectivity index (χ4n) is 3.25. The monoisotopic (exact) mass is 324 g/mol. The van der Waals surface area contributed by atoms with Crippen LogP contribution in [0, 0.1) is 5.92 Å². The Morgan fingerprint density at radius 2 is 2.18 bits per heavy atom. The topological polar surface area (TPSA) is 34.5 Å². The Labute approximate surface area is 137 Å². The molecule has 0 radical (unpaired) electrons. The van der Waals surface area contributed by atoms with Gasteiger partial charge in [0.15, 0.2) is 0 Å². The van der Waals surface area contributed by atoms with Crippen LogP contribution in [0.1, 0.15) is 49.5 Å². The van der Waals surface area contributed by atoms with Crippen LogP contribution in [0.5, 0.6) is 0 Å². The summed E-state index contributed by atoms with van der Waals surface area (Å²) in [5.41, 5.74) is 0.663. The molecule has 2 aliphatic rings. The number of carbonyl (C=O) groups excluding carboxylic acids is 1. The standard InChI is InChI=1S/C17H25ClN2O2/c1-3-4-5-14-10-20(11-16(22-14)12-6-7-12)17(21)15-8-13(18)9-19(15)2/h8-9,12,14,16H,3-7,10-11H2,1-2H3/t14-,16-/m1/s1. The summed E-state index contributed by atoms with van der Waals surface area (Å²) in [6, 6.07) is 1.76. The van der Waals surface area contributed by atoms with Gasteiger partial charge in [0.25, 0.3) is 5.91 Å². The predicted molar refractivity (Wildman–Crippen MR) is 87.2 cm³/mol. The van der Waals surface area contributed by atoms with Gasteiger partial charge in [-0.05, 0) is 31.2 Å². The highest BCUT2D eigenvalue weighted by Crippen LogP contribution is 2.37. The molecule has 2 heterocycles. The average Bonchev–Trinajstić information content (AvgIpc) is 3.29. The van der Waals surface area contributed by atoms with Gasteiger partial charge in [-0.25, -0.2) is 0 Å². The number of rotatable bonds is 5. The van der Waals surface area contributed by atoms with Crippen LogP contribution in [0.4, 0.5) is 0 Å². The molecule has 22 heavy (non-hydrogen) atoms. The number of unbranched alkanes of at least 4 members (excludes halogenated alkanes) is 1. The molecule has 0 N–H and O–H groups in total. The number of hydrogen-bond acceptors (Lipinski definition) is 2. The maximum absolute atomic E-state index is 12.8. The first kappa shape index (κ1) is 15.9. The van der Waals surface area contributed by atoms with Crippen LogP contribution < -0.4 is 0 Å². The number of aryl methyl sites for hydroxylation is 1. The Bertz CT molecular complexity index is 539. The summed E-state index contributed by atoms with van der Waals surface area (Å²) < 4.78 is 8.05. The van der Waals surface area contributed by atoms with Gasteiger partial charge in [0.05, 0.1) is 17.2 Å². The SMILES string of the molecule is CCCC[C@@H]1CN(C(=O)c2cc(Cl)cn2C)C[C@H](C2CC2)O1. The number of carbonyl (C=O) groups is 1. The minimum Gasteiger partial charge on any atom is -0.371 e. The first-order valence-electron chi connectivity index (χ1n) is 8.35. The second-order valence-corrected chi connectivity index (χ2v) is 7.08. The lowest BCUT2D eigenvalue weighted by Gasteiger charge is -2.38. The van der Waals surface area contributed by atoms with E-state index in [0.717, 1.165) is 25.8 Å². The molecule has 4 nitrogen and oxygen atoms in total. The maximum Gasteiger partial charge on any atom is 0.270 e. The van der Waals surface area contributed by atoms with E-state index in [9.17, 15) is 4.79 Å². The maximum atomic E-state index is 12.8. The van der Waals surface area contributed by atoms with E-state index in [1.165, 1.54) is 12.8 Å². The van der Waals surface area contributed by atoms with Gasteiger partial charge in [0.1, 0.15) is 5.69 Å². The van der Waals surface area contributed by atoms with Crippen molar-refractivity contribution >= 4 is 17.5 Å². The molecule has 0 unspecified atom stereocenters. The van der Waals surface area contributed by atoms with Gasteiger partial charge in [-0.15, -0.1) is 0 Å². The van der Waals surface area contributed by atoms with Gasteiger partial charge >= 0.3 is 0 Å². The van der Waals surface area contributed by atoms with E-state index >= 15 is 0 Å². The number of ether oxygens (including phenoxy) is 1. The van der Waals surface area contributed by atoms with E-state index in [-0.39, 0.29) is 18.1 Å². The van der Waals surface area contributed by atoms with Crippen molar-refractivity contribution < 1.29 is 9.53 Å². The minimum absolute atomic E-state index is 0.0739. The molecule has 1 saturated heterocycles. The third-order valence-electron chi connectivity index (χ3n) is 4.70. The van der Waals surface area contributed by atoms with E-state index in [1.807, 2.05) is 16.5 Å². The van der Waals surface area contributed by atoms with Crippen LogP contribution in [-0.4, -0.2) is 40.7 Å². The molecular formula is C17H25ClN2O2. The second-order valence-electron chi connectivity index (χ2n) is 6.64. The fourth-order valence-corrected chi connectivity index (χ4v) is 3.50. The van der Waals surface area contributed by atoms with E-state index in [0.29, 0.717) is 23.2 Å². The zero-order chi connectivity index (χ0) is 15.7.